The molecule has 1 aromatic heterocycles. The van der Waals surface area contributed by atoms with E-state index in [2.05, 4.69) is 19.2 Å². The molecule has 0 bridgehead atoms. The molecule has 1 N–H and O–H groups in total. The van der Waals surface area contributed by atoms with Gasteiger partial charge in [0.25, 0.3) is 11.8 Å². The second-order valence-electron chi connectivity index (χ2n) is 5.72. The smallest absolute Gasteiger partial charge is 0.273 e. The maximum absolute atomic E-state index is 12.7. The van der Waals surface area contributed by atoms with Gasteiger partial charge in [-0.3, -0.25) is 14.9 Å². The summed E-state index contributed by atoms with van der Waals surface area (Å²) in [4.78, 5) is 38.6. The van der Waals surface area contributed by atoms with Crippen molar-refractivity contribution in [3.05, 3.63) is 57.8 Å². The van der Waals surface area contributed by atoms with Gasteiger partial charge in [-0.15, -0.1) is 11.3 Å². The Hall–Kier alpha value is -2.73. The van der Waals surface area contributed by atoms with Crippen molar-refractivity contribution in [1.82, 2.24) is 5.32 Å². The summed E-state index contributed by atoms with van der Waals surface area (Å²) < 4.78 is 0. The zero-order valence-corrected chi connectivity index (χ0v) is 14.1. The third-order valence-electron chi connectivity index (χ3n) is 3.75. The average Bonchev–Trinajstić information content (AvgIpc) is 3.05. The maximum Gasteiger partial charge on any atom is 0.335 e. The fourth-order valence-corrected chi connectivity index (χ4v) is 3.07. The van der Waals surface area contributed by atoms with Crippen LogP contribution in [0.2, 0.25) is 0 Å². The molecular formula is C18H16N2O3S. The molecule has 1 aliphatic heterocycles. The molecule has 24 heavy (non-hydrogen) atoms. The second kappa shape index (κ2) is 6.41. The van der Waals surface area contributed by atoms with Crippen LogP contribution in [0, 0.1) is 0 Å². The van der Waals surface area contributed by atoms with Crippen LogP contribution in [0.25, 0.3) is 6.08 Å². The van der Waals surface area contributed by atoms with E-state index in [1.807, 2.05) is 23.6 Å². The summed E-state index contributed by atoms with van der Waals surface area (Å²) in [6.45, 7) is 4.13. The molecule has 3 rings (SSSR count). The number of carbonyl (C=O) groups excluding carboxylic acids is 3. The van der Waals surface area contributed by atoms with E-state index in [1.54, 1.807) is 18.2 Å². The lowest BCUT2D eigenvalue weighted by Gasteiger charge is -2.26. The van der Waals surface area contributed by atoms with Crippen LogP contribution in [0.1, 0.15) is 30.2 Å². The molecule has 6 heteroatoms. The van der Waals surface area contributed by atoms with Crippen LogP contribution in [0.3, 0.4) is 0 Å². The van der Waals surface area contributed by atoms with E-state index in [-0.39, 0.29) is 5.57 Å². The number of hydrogen-bond acceptors (Lipinski definition) is 4. The zero-order valence-electron chi connectivity index (χ0n) is 13.3. The molecule has 1 aliphatic rings. The SMILES string of the molecule is CC(C)c1ccc(N2C(=O)NC(=O)/C(=C/c3cccs3)C2=O)cc1. The molecule has 0 saturated carbocycles. The molecule has 0 atom stereocenters. The molecule has 1 fully saturated rings. The molecule has 1 aromatic carbocycles. The van der Waals surface area contributed by atoms with Gasteiger partial charge in [-0.2, -0.15) is 0 Å². The molecule has 2 aromatic rings. The average molecular weight is 340 g/mol. The molecule has 122 valence electrons. The number of nitrogens with zero attached hydrogens (tertiary/aromatic N) is 1. The normalized spacial score (nSPS) is 16.9. The standard InChI is InChI=1S/C18H16N2O3S/c1-11(2)12-5-7-13(8-6-12)20-17(22)15(16(21)19-18(20)23)10-14-4-3-9-24-14/h3-11H,1-2H3,(H,19,21,23)/b15-10-. The first-order valence-electron chi connectivity index (χ1n) is 7.52. The van der Waals surface area contributed by atoms with Crippen LogP contribution >= 0.6 is 11.3 Å². The highest BCUT2D eigenvalue weighted by molar-refractivity contribution is 7.10. The number of imide groups is 2. The van der Waals surface area contributed by atoms with E-state index in [4.69, 9.17) is 0 Å². The third-order valence-corrected chi connectivity index (χ3v) is 4.57. The van der Waals surface area contributed by atoms with Gasteiger partial charge in [0.1, 0.15) is 5.57 Å². The molecular weight excluding hydrogens is 324 g/mol. The Kier molecular flexibility index (Phi) is 4.31. The highest BCUT2D eigenvalue weighted by Gasteiger charge is 2.36. The summed E-state index contributed by atoms with van der Waals surface area (Å²) in [6, 6.07) is 10.1. The first-order chi connectivity index (χ1) is 11.5. The number of urea groups is 1. The summed E-state index contributed by atoms with van der Waals surface area (Å²) in [6.07, 6.45) is 1.50. The van der Waals surface area contributed by atoms with Crippen LogP contribution in [-0.4, -0.2) is 17.8 Å². The zero-order chi connectivity index (χ0) is 17.3. The minimum absolute atomic E-state index is 0.0509. The van der Waals surface area contributed by atoms with Gasteiger partial charge in [0.2, 0.25) is 0 Å². The van der Waals surface area contributed by atoms with E-state index in [0.29, 0.717) is 11.6 Å². The molecule has 5 nitrogen and oxygen atoms in total. The van der Waals surface area contributed by atoms with Crippen molar-refractivity contribution >= 4 is 40.9 Å². The number of hydrogen-bond donors (Lipinski definition) is 1. The van der Waals surface area contributed by atoms with Gasteiger partial charge in [0.15, 0.2) is 0 Å². The van der Waals surface area contributed by atoms with Crippen molar-refractivity contribution in [1.29, 1.82) is 0 Å². The Morgan fingerprint density at radius 1 is 1.08 bits per heavy atom. The molecule has 0 radical (unpaired) electrons. The predicted molar refractivity (Wildman–Crippen MR) is 93.9 cm³/mol. The van der Waals surface area contributed by atoms with Crippen molar-refractivity contribution in [3.63, 3.8) is 0 Å². The Morgan fingerprint density at radius 2 is 1.79 bits per heavy atom. The minimum Gasteiger partial charge on any atom is -0.273 e. The predicted octanol–water partition coefficient (Wildman–Crippen LogP) is 3.54. The van der Waals surface area contributed by atoms with Crippen molar-refractivity contribution in [2.24, 2.45) is 0 Å². The lowest BCUT2D eigenvalue weighted by Crippen LogP contribution is -2.54. The van der Waals surface area contributed by atoms with E-state index in [9.17, 15) is 14.4 Å². The number of barbiturate groups is 1. The Bertz CT molecular complexity index is 820. The van der Waals surface area contributed by atoms with E-state index in [0.717, 1.165) is 15.3 Å². The lowest BCUT2D eigenvalue weighted by molar-refractivity contribution is -0.122. The fraction of sp³-hybridized carbons (Fsp3) is 0.167. The van der Waals surface area contributed by atoms with Gasteiger partial charge >= 0.3 is 6.03 Å². The van der Waals surface area contributed by atoms with Gasteiger partial charge in [-0.25, -0.2) is 9.69 Å². The van der Waals surface area contributed by atoms with E-state index in [1.165, 1.54) is 17.4 Å². The number of rotatable bonds is 3. The number of benzene rings is 1. The van der Waals surface area contributed by atoms with Gasteiger partial charge in [-0.1, -0.05) is 32.0 Å². The third kappa shape index (κ3) is 3.00. The molecule has 0 aliphatic carbocycles. The quantitative estimate of drug-likeness (QED) is 0.686. The largest absolute Gasteiger partial charge is 0.335 e. The van der Waals surface area contributed by atoms with Crippen LogP contribution in [0.15, 0.2) is 47.4 Å². The fourth-order valence-electron chi connectivity index (χ4n) is 2.42. The molecule has 2 heterocycles. The number of nitrogens with one attached hydrogen (secondary N) is 1. The molecule has 0 unspecified atom stereocenters. The van der Waals surface area contributed by atoms with E-state index >= 15 is 0 Å². The molecule has 0 spiro atoms. The number of anilines is 1. The highest BCUT2D eigenvalue weighted by Crippen LogP contribution is 2.25. The molecule has 1 saturated heterocycles. The second-order valence-corrected chi connectivity index (χ2v) is 6.70. The van der Waals surface area contributed by atoms with E-state index < -0.39 is 17.8 Å². The first kappa shape index (κ1) is 16.1. The molecule has 4 amide bonds. The summed E-state index contributed by atoms with van der Waals surface area (Å²) in [5.41, 5.74) is 1.49. The summed E-state index contributed by atoms with van der Waals surface area (Å²) in [5, 5.41) is 4.07. The van der Waals surface area contributed by atoms with Crippen LogP contribution in [0.5, 0.6) is 0 Å². The first-order valence-corrected chi connectivity index (χ1v) is 8.40. The summed E-state index contributed by atoms with van der Waals surface area (Å²) >= 11 is 1.41. The summed E-state index contributed by atoms with van der Waals surface area (Å²) in [7, 11) is 0. The Morgan fingerprint density at radius 3 is 2.38 bits per heavy atom. The monoisotopic (exact) mass is 340 g/mol. The van der Waals surface area contributed by atoms with Gasteiger partial charge in [-0.05, 0) is 41.1 Å². The van der Waals surface area contributed by atoms with Gasteiger partial charge in [0, 0.05) is 4.88 Å². The lowest BCUT2D eigenvalue weighted by atomic mass is 10.0. The van der Waals surface area contributed by atoms with Crippen LogP contribution in [-0.2, 0) is 9.59 Å². The summed E-state index contributed by atoms with van der Waals surface area (Å²) in [5.74, 6) is -0.941. The van der Waals surface area contributed by atoms with Crippen LogP contribution < -0.4 is 10.2 Å². The van der Waals surface area contributed by atoms with Crippen molar-refractivity contribution < 1.29 is 14.4 Å². The number of amides is 4. The highest BCUT2D eigenvalue weighted by atomic mass is 32.1. The Balaban J connectivity index is 1.96. The van der Waals surface area contributed by atoms with Gasteiger partial charge in [0.05, 0.1) is 5.69 Å². The topological polar surface area (TPSA) is 66.5 Å². The van der Waals surface area contributed by atoms with Crippen molar-refractivity contribution in [3.8, 4) is 0 Å². The van der Waals surface area contributed by atoms with Crippen molar-refractivity contribution in [2.45, 2.75) is 19.8 Å². The number of carbonyl (C=O) groups is 3. The van der Waals surface area contributed by atoms with Crippen molar-refractivity contribution in [2.75, 3.05) is 4.90 Å². The van der Waals surface area contributed by atoms with Gasteiger partial charge < -0.3 is 0 Å². The van der Waals surface area contributed by atoms with Crippen LogP contribution in [0.4, 0.5) is 10.5 Å². The minimum atomic E-state index is -0.731. The maximum atomic E-state index is 12.7. The Labute approximate surface area is 143 Å². The number of thiophene rings is 1.